The normalized spacial score (nSPS) is 13.7. The van der Waals surface area contributed by atoms with Gasteiger partial charge in [0.1, 0.15) is 0 Å². The SMILES string of the molecule is C=CC(O)c1ccc([Si](C)(C)C)cc1. The lowest BCUT2D eigenvalue weighted by Crippen LogP contribution is -2.37. The van der Waals surface area contributed by atoms with Gasteiger partial charge in [0.2, 0.25) is 0 Å². The highest BCUT2D eigenvalue weighted by Gasteiger charge is 2.15. The van der Waals surface area contributed by atoms with Gasteiger partial charge < -0.3 is 5.11 Å². The molecule has 0 saturated carbocycles. The molecule has 0 heterocycles. The summed E-state index contributed by atoms with van der Waals surface area (Å²) in [5.74, 6) is 0. The van der Waals surface area contributed by atoms with Crippen molar-refractivity contribution in [3.63, 3.8) is 0 Å². The number of hydrogen-bond donors (Lipinski definition) is 1. The molecule has 0 spiro atoms. The van der Waals surface area contributed by atoms with Crippen LogP contribution in [0.25, 0.3) is 0 Å². The number of hydrogen-bond acceptors (Lipinski definition) is 1. The van der Waals surface area contributed by atoms with Crippen molar-refractivity contribution in [2.24, 2.45) is 0 Å². The molecule has 0 radical (unpaired) electrons. The minimum atomic E-state index is -1.21. The first kappa shape index (κ1) is 11.2. The molecular weight excluding hydrogens is 188 g/mol. The molecule has 2 heteroatoms. The van der Waals surface area contributed by atoms with Crippen molar-refractivity contribution in [2.45, 2.75) is 25.7 Å². The third kappa shape index (κ3) is 2.56. The lowest BCUT2D eigenvalue weighted by Gasteiger charge is -2.17. The summed E-state index contributed by atoms with van der Waals surface area (Å²) >= 11 is 0. The Balaban J connectivity index is 2.95. The van der Waals surface area contributed by atoms with Crippen LogP contribution in [0.2, 0.25) is 19.6 Å². The average molecular weight is 206 g/mol. The fourth-order valence-electron chi connectivity index (χ4n) is 1.32. The Bertz CT molecular complexity index is 308. The first-order valence-electron chi connectivity index (χ1n) is 4.86. The summed E-state index contributed by atoms with van der Waals surface area (Å²) < 4.78 is 0. The molecule has 0 aliphatic heterocycles. The van der Waals surface area contributed by atoms with Crippen LogP contribution in [-0.2, 0) is 0 Å². The smallest absolute Gasteiger partial charge is 0.0969 e. The molecule has 0 aromatic heterocycles. The Morgan fingerprint density at radius 2 is 1.71 bits per heavy atom. The molecule has 1 aromatic carbocycles. The fourth-order valence-corrected chi connectivity index (χ4v) is 2.48. The monoisotopic (exact) mass is 206 g/mol. The second kappa shape index (κ2) is 4.11. The van der Waals surface area contributed by atoms with Crippen molar-refractivity contribution >= 4 is 13.3 Å². The molecule has 76 valence electrons. The van der Waals surface area contributed by atoms with Crippen LogP contribution in [0, 0.1) is 0 Å². The topological polar surface area (TPSA) is 20.2 Å². The Morgan fingerprint density at radius 3 is 2.07 bits per heavy atom. The predicted molar refractivity (Wildman–Crippen MR) is 64.6 cm³/mol. The zero-order chi connectivity index (χ0) is 10.8. The number of aliphatic hydroxyl groups is 1. The average Bonchev–Trinajstić information content (AvgIpc) is 2.15. The van der Waals surface area contributed by atoms with Crippen molar-refractivity contribution in [1.29, 1.82) is 0 Å². The maximum absolute atomic E-state index is 9.52. The number of aliphatic hydroxyl groups excluding tert-OH is 1. The minimum absolute atomic E-state index is 0.536. The molecular formula is C12H18OSi. The summed E-state index contributed by atoms with van der Waals surface area (Å²) in [6.45, 7) is 10.5. The van der Waals surface area contributed by atoms with E-state index in [1.54, 1.807) is 6.08 Å². The van der Waals surface area contributed by atoms with Crippen molar-refractivity contribution in [3.8, 4) is 0 Å². The molecule has 0 aliphatic rings. The van der Waals surface area contributed by atoms with Crippen LogP contribution in [0.15, 0.2) is 36.9 Å². The van der Waals surface area contributed by atoms with Crippen molar-refractivity contribution < 1.29 is 5.11 Å². The molecule has 0 amide bonds. The van der Waals surface area contributed by atoms with Gasteiger partial charge in [0.25, 0.3) is 0 Å². The van der Waals surface area contributed by atoms with Gasteiger partial charge in [-0.1, -0.05) is 55.2 Å². The molecule has 0 aliphatic carbocycles. The molecule has 14 heavy (non-hydrogen) atoms. The van der Waals surface area contributed by atoms with E-state index in [1.165, 1.54) is 5.19 Å². The summed E-state index contributed by atoms with van der Waals surface area (Å²) in [6, 6.07) is 8.21. The maximum atomic E-state index is 9.52. The summed E-state index contributed by atoms with van der Waals surface area (Å²) in [4.78, 5) is 0. The third-order valence-electron chi connectivity index (χ3n) is 2.34. The summed E-state index contributed by atoms with van der Waals surface area (Å²) in [6.07, 6.45) is 1.01. The van der Waals surface area contributed by atoms with Gasteiger partial charge in [0, 0.05) is 0 Å². The Hall–Kier alpha value is -0.863. The third-order valence-corrected chi connectivity index (χ3v) is 4.41. The van der Waals surface area contributed by atoms with Gasteiger partial charge in [-0.2, -0.15) is 0 Å². The summed E-state index contributed by atoms with van der Waals surface area (Å²) in [7, 11) is -1.21. The molecule has 1 unspecified atom stereocenters. The van der Waals surface area contributed by atoms with Gasteiger partial charge in [-0.15, -0.1) is 6.58 Å². The number of rotatable bonds is 3. The largest absolute Gasteiger partial charge is 0.384 e. The van der Waals surface area contributed by atoms with Gasteiger partial charge >= 0.3 is 0 Å². The maximum Gasteiger partial charge on any atom is 0.0969 e. The highest BCUT2D eigenvalue weighted by Crippen LogP contribution is 2.13. The van der Waals surface area contributed by atoms with Gasteiger partial charge in [0.15, 0.2) is 0 Å². The molecule has 0 saturated heterocycles. The molecule has 1 aromatic rings. The quantitative estimate of drug-likeness (QED) is 0.595. The lowest BCUT2D eigenvalue weighted by molar-refractivity contribution is 0.229. The van der Waals surface area contributed by atoms with Crippen LogP contribution in [0.5, 0.6) is 0 Å². The highest BCUT2D eigenvalue weighted by molar-refractivity contribution is 6.88. The molecule has 0 bridgehead atoms. The second-order valence-electron chi connectivity index (χ2n) is 4.55. The van der Waals surface area contributed by atoms with Crippen LogP contribution in [0.3, 0.4) is 0 Å². The first-order valence-corrected chi connectivity index (χ1v) is 8.36. The van der Waals surface area contributed by atoms with Gasteiger partial charge in [-0.3, -0.25) is 0 Å². The van der Waals surface area contributed by atoms with E-state index in [1.807, 2.05) is 12.1 Å². The first-order chi connectivity index (χ1) is 6.45. The summed E-state index contributed by atoms with van der Waals surface area (Å²) in [5.41, 5.74) is 0.919. The van der Waals surface area contributed by atoms with Crippen molar-refractivity contribution in [3.05, 3.63) is 42.5 Å². The molecule has 1 rings (SSSR count). The lowest BCUT2D eigenvalue weighted by atomic mass is 10.1. The molecule has 1 N–H and O–H groups in total. The zero-order valence-electron chi connectivity index (χ0n) is 9.12. The van der Waals surface area contributed by atoms with E-state index in [-0.39, 0.29) is 0 Å². The van der Waals surface area contributed by atoms with E-state index in [4.69, 9.17) is 0 Å². The predicted octanol–water partition coefficient (Wildman–Crippen LogP) is 2.45. The number of benzene rings is 1. The zero-order valence-corrected chi connectivity index (χ0v) is 10.1. The molecule has 1 nitrogen and oxygen atoms in total. The summed E-state index contributed by atoms with van der Waals surface area (Å²) in [5, 5.41) is 10.9. The van der Waals surface area contributed by atoms with Crippen LogP contribution >= 0.6 is 0 Å². The minimum Gasteiger partial charge on any atom is -0.384 e. The fraction of sp³-hybridized carbons (Fsp3) is 0.333. The van der Waals surface area contributed by atoms with Crippen LogP contribution < -0.4 is 5.19 Å². The highest BCUT2D eigenvalue weighted by atomic mass is 28.3. The van der Waals surface area contributed by atoms with Gasteiger partial charge in [-0.05, 0) is 5.56 Å². The van der Waals surface area contributed by atoms with Crippen molar-refractivity contribution in [2.75, 3.05) is 0 Å². The Kier molecular flexibility index (Phi) is 3.29. The van der Waals surface area contributed by atoms with Crippen LogP contribution in [-0.4, -0.2) is 13.2 Å². The van der Waals surface area contributed by atoms with E-state index >= 15 is 0 Å². The van der Waals surface area contributed by atoms with E-state index in [0.717, 1.165) is 5.56 Å². The van der Waals surface area contributed by atoms with E-state index in [2.05, 4.69) is 38.4 Å². The Morgan fingerprint density at radius 1 is 1.21 bits per heavy atom. The molecule has 0 fully saturated rings. The van der Waals surface area contributed by atoms with Crippen molar-refractivity contribution in [1.82, 2.24) is 0 Å². The van der Waals surface area contributed by atoms with Crippen LogP contribution in [0.4, 0.5) is 0 Å². The van der Waals surface area contributed by atoms with E-state index < -0.39 is 14.2 Å². The van der Waals surface area contributed by atoms with Gasteiger partial charge in [0.05, 0.1) is 14.2 Å². The van der Waals surface area contributed by atoms with E-state index in [9.17, 15) is 5.11 Å². The molecule has 1 atom stereocenters. The second-order valence-corrected chi connectivity index (χ2v) is 9.63. The Labute approximate surface area is 87.1 Å². The van der Waals surface area contributed by atoms with E-state index in [0.29, 0.717) is 0 Å². The van der Waals surface area contributed by atoms with Gasteiger partial charge in [-0.25, -0.2) is 0 Å². The standard InChI is InChI=1S/C12H18OSi/c1-5-12(13)10-6-8-11(9-7-10)14(2,3)4/h5-9,12-13H,1H2,2-4H3. The van der Waals surface area contributed by atoms with Crippen LogP contribution in [0.1, 0.15) is 11.7 Å².